The van der Waals surface area contributed by atoms with Crippen LogP contribution in [0.2, 0.25) is 0 Å². The zero-order chi connectivity index (χ0) is 14.8. The standard InChI is InChI=1S/C13H15F3N4/c1-10(8-17)19-4-6-20(7-5-19)12-3-2-11(9-18-12)13(14,15)16/h2-3,9-10H,4-7H2,1H3. The first-order chi connectivity index (χ1) is 9.41. The topological polar surface area (TPSA) is 43.2 Å². The Morgan fingerprint density at radius 1 is 1.25 bits per heavy atom. The number of hydrogen-bond acceptors (Lipinski definition) is 4. The molecule has 108 valence electrons. The van der Waals surface area contributed by atoms with Crippen molar-refractivity contribution in [2.45, 2.75) is 19.1 Å². The summed E-state index contributed by atoms with van der Waals surface area (Å²) in [6.07, 6.45) is -3.49. The van der Waals surface area contributed by atoms with Gasteiger partial charge in [0, 0.05) is 32.4 Å². The first-order valence-corrected chi connectivity index (χ1v) is 6.33. The predicted octanol–water partition coefficient (Wildman–Crippen LogP) is 2.13. The van der Waals surface area contributed by atoms with Crippen molar-refractivity contribution in [3.63, 3.8) is 0 Å². The van der Waals surface area contributed by atoms with E-state index in [1.807, 2.05) is 16.7 Å². The second kappa shape index (κ2) is 5.67. The summed E-state index contributed by atoms with van der Waals surface area (Å²) in [5, 5.41) is 8.85. The van der Waals surface area contributed by atoms with Crippen LogP contribution < -0.4 is 4.90 Å². The lowest BCUT2D eigenvalue weighted by Gasteiger charge is -2.36. The maximum absolute atomic E-state index is 12.4. The van der Waals surface area contributed by atoms with Gasteiger partial charge in [0.1, 0.15) is 5.82 Å². The number of nitriles is 1. The summed E-state index contributed by atoms with van der Waals surface area (Å²) in [7, 11) is 0. The number of piperazine rings is 1. The van der Waals surface area contributed by atoms with Gasteiger partial charge in [-0.1, -0.05) is 0 Å². The number of aromatic nitrogens is 1. The third-order valence-electron chi connectivity index (χ3n) is 3.45. The van der Waals surface area contributed by atoms with E-state index in [1.54, 1.807) is 0 Å². The molecular weight excluding hydrogens is 269 g/mol. The number of rotatable bonds is 2. The minimum Gasteiger partial charge on any atom is -0.354 e. The fourth-order valence-electron chi connectivity index (χ4n) is 2.16. The SMILES string of the molecule is CC(C#N)N1CCN(c2ccc(C(F)(F)F)cn2)CC1. The van der Waals surface area contributed by atoms with Crippen LogP contribution in [0.25, 0.3) is 0 Å². The number of nitrogens with zero attached hydrogens (tertiary/aromatic N) is 4. The molecular formula is C13H15F3N4. The van der Waals surface area contributed by atoms with E-state index in [0.29, 0.717) is 32.0 Å². The first kappa shape index (κ1) is 14.6. The molecule has 1 saturated heterocycles. The summed E-state index contributed by atoms with van der Waals surface area (Å²) in [5.74, 6) is 0.544. The number of pyridine rings is 1. The number of halogens is 3. The Morgan fingerprint density at radius 3 is 2.35 bits per heavy atom. The molecule has 0 saturated carbocycles. The van der Waals surface area contributed by atoms with E-state index in [-0.39, 0.29) is 6.04 Å². The van der Waals surface area contributed by atoms with Gasteiger partial charge in [-0.05, 0) is 19.1 Å². The van der Waals surface area contributed by atoms with Crippen molar-refractivity contribution in [1.82, 2.24) is 9.88 Å². The van der Waals surface area contributed by atoms with Gasteiger partial charge in [-0.2, -0.15) is 18.4 Å². The second-order valence-electron chi connectivity index (χ2n) is 4.73. The van der Waals surface area contributed by atoms with Crippen LogP contribution in [0, 0.1) is 11.3 Å². The molecule has 0 aliphatic carbocycles. The molecule has 0 radical (unpaired) electrons. The van der Waals surface area contributed by atoms with E-state index in [4.69, 9.17) is 5.26 Å². The van der Waals surface area contributed by atoms with Gasteiger partial charge in [0.25, 0.3) is 0 Å². The van der Waals surface area contributed by atoms with Crippen LogP contribution in [0.15, 0.2) is 18.3 Å². The normalized spacial score (nSPS) is 18.6. The van der Waals surface area contributed by atoms with Gasteiger partial charge in [-0.25, -0.2) is 4.98 Å². The van der Waals surface area contributed by atoms with E-state index in [0.717, 1.165) is 12.3 Å². The minimum absolute atomic E-state index is 0.141. The molecule has 1 aromatic heterocycles. The fourth-order valence-corrected chi connectivity index (χ4v) is 2.16. The van der Waals surface area contributed by atoms with Crippen LogP contribution in [0.3, 0.4) is 0 Å². The van der Waals surface area contributed by atoms with Crippen molar-refractivity contribution < 1.29 is 13.2 Å². The lowest BCUT2D eigenvalue weighted by Crippen LogP contribution is -2.49. The Balaban J connectivity index is 1.99. The highest BCUT2D eigenvalue weighted by molar-refractivity contribution is 5.40. The average molecular weight is 284 g/mol. The first-order valence-electron chi connectivity index (χ1n) is 6.33. The lowest BCUT2D eigenvalue weighted by atomic mass is 10.2. The van der Waals surface area contributed by atoms with E-state index in [1.165, 1.54) is 6.07 Å². The van der Waals surface area contributed by atoms with Gasteiger partial charge in [-0.15, -0.1) is 0 Å². The Hall–Kier alpha value is -1.81. The van der Waals surface area contributed by atoms with Crippen LogP contribution in [0.1, 0.15) is 12.5 Å². The highest BCUT2D eigenvalue weighted by Gasteiger charge is 2.31. The zero-order valence-electron chi connectivity index (χ0n) is 11.1. The van der Waals surface area contributed by atoms with Crippen molar-refractivity contribution >= 4 is 5.82 Å². The number of alkyl halides is 3. The molecule has 0 aromatic carbocycles. The second-order valence-corrected chi connectivity index (χ2v) is 4.73. The summed E-state index contributed by atoms with van der Waals surface area (Å²) < 4.78 is 37.3. The predicted molar refractivity (Wildman–Crippen MR) is 68.1 cm³/mol. The molecule has 4 nitrogen and oxygen atoms in total. The third-order valence-corrected chi connectivity index (χ3v) is 3.45. The van der Waals surface area contributed by atoms with Gasteiger partial charge in [-0.3, -0.25) is 4.90 Å². The molecule has 7 heteroatoms. The van der Waals surface area contributed by atoms with Crippen molar-refractivity contribution in [2.75, 3.05) is 31.1 Å². The molecule has 2 rings (SSSR count). The molecule has 0 N–H and O–H groups in total. The van der Waals surface area contributed by atoms with Crippen LogP contribution >= 0.6 is 0 Å². The van der Waals surface area contributed by atoms with Gasteiger partial charge in [0.2, 0.25) is 0 Å². The Labute approximate surface area is 115 Å². The fraction of sp³-hybridized carbons (Fsp3) is 0.538. The van der Waals surface area contributed by atoms with Gasteiger partial charge in [0.05, 0.1) is 17.7 Å². The van der Waals surface area contributed by atoms with E-state index >= 15 is 0 Å². The smallest absolute Gasteiger partial charge is 0.354 e. The molecule has 1 aliphatic heterocycles. The van der Waals surface area contributed by atoms with Gasteiger partial charge < -0.3 is 4.90 Å². The van der Waals surface area contributed by atoms with Crippen molar-refractivity contribution in [3.05, 3.63) is 23.9 Å². The average Bonchev–Trinajstić information content (AvgIpc) is 2.46. The monoisotopic (exact) mass is 284 g/mol. The Bertz CT molecular complexity index is 484. The molecule has 2 heterocycles. The van der Waals surface area contributed by atoms with Crippen LogP contribution in [-0.4, -0.2) is 42.1 Å². The third kappa shape index (κ3) is 3.20. The molecule has 1 fully saturated rings. The Morgan fingerprint density at radius 2 is 1.90 bits per heavy atom. The van der Waals surface area contributed by atoms with Crippen LogP contribution in [0.5, 0.6) is 0 Å². The molecule has 1 unspecified atom stereocenters. The number of anilines is 1. The summed E-state index contributed by atoms with van der Waals surface area (Å²) in [4.78, 5) is 7.85. The molecule has 0 bridgehead atoms. The molecule has 0 amide bonds. The van der Waals surface area contributed by atoms with Crippen molar-refractivity contribution in [2.24, 2.45) is 0 Å². The Kier molecular flexibility index (Phi) is 4.14. The highest BCUT2D eigenvalue weighted by atomic mass is 19.4. The minimum atomic E-state index is -4.35. The molecule has 20 heavy (non-hydrogen) atoms. The summed E-state index contributed by atoms with van der Waals surface area (Å²) in [5.41, 5.74) is -0.738. The van der Waals surface area contributed by atoms with Gasteiger partial charge in [0.15, 0.2) is 0 Å². The van der Waals surface area contributed by atoms with E-state index in [2.05, 4.69) is 11.1 Å². The van der Waals surface area contributed by atoms with Crippen LogP contribution in [-0.2, 0) is 6.18 Å². The van der Waals surface area contributed by atoms with E-state index < -0.39 is 11.7 Å². The van der Waals surface area contributed by atoms with E-state index in [9.17, 15) is 13.2 Å². The summed E-state index contributed by atoms with van der Waals surface area (Å²) in [6, 6.07) is 4.48. The largest absolute Gasteiger partial charge is 0.417 e. The molecule has 0 spiro atoms. The lowest BCUT2D eigenvalue weighted by molar-refractivity contribution is -0.137. The molecule has 1 aromatic rings. The quantitative estimate of drug-likeness (QED) is 0.834. The van der Waals surface area contributed by atoms with Crippen molar-refractivity contribution in [3.8, 4) is 6.07 Å². The number of hydrogen-bond donors (Lipinski definition) is 0. The maximum atomic E-state index is 12.4. The van der Waals surface area contributed by atoms with Gasteiger partial charge >= 0.3 is 6.18 Å². The zero-order valence-corrected chi connectivity index (χ0v) is 11.1. The maximum Gasteiger partial charge on any atom is 0.417 e. The summed E-state index contributed by atoms with van der Waals surface area (Å²) in [6.45, 7) is 4.57. The van der Waals surface area contributed by atoms with Crippen LogP contribution in [0.4, 0.5) is 19.0 Å². The molecule has 1 aliphatic rings. The highest BCUT2D eigenvalue weighted by Crippen LogP contribution is 2.29. The molecule has 1 atom stereocenters. The van der Waals surface area contributed by atoms with Crippen molar-refractivity contribution in [1.29, 1.82) is 5.26 Å². The summed E-state index contributed by atoms with van der Waals surface area (Å²) >= 11 is 0.